The van der Waals surface area contributed by atoms with Crippen LogP contribution in [0.1, 0.15) is 5.69 Å². The van der Waals surface area contributed by atoms with E-state index in [1.54, 1.807) is 0 Å². The van der Waals surface area contributed by atoms with Gasteiger partial charge in [0.2, 0.25) is 0 Å². The van der Waals surface area contributed by atoms with E-state index in [4.69, 9.17) is 5.73 Å². The van der Waals surface area contributed by atoms with E-state index in [0.717, 1.165) is 5.69 Å². The lowest BCUT2D eigenvalue weighted by atomic mass is 10.2. The first kappa shape index (κ1) is 12.7. The summed E-state index contributed by atoms with van der Waals surface area (Å²) in [5.41, 5.74) is 6.59. The number of aryl methyl sites for hydroxylation is 2. The molecule has 0 amide bonds. The zero-order valence-electron chi connectivity index (χ0n) is 10.4. The third-order valence-corrected chi connectivity index (χ3v) is 3.69. The molecule has 102 valence electrons. The van der Waals surface area contributed by atoms with E-state index < -0.39 is 5.82 Å². The predicted molar refractivity (Wildman–Crippen MR) is 76.2 cm³/mol. The number of nitrogen functional groups attached to an aromatic ring is 1. The number of benzene rings is 1. The Morgan fingerprint density at radius 3 is 3.00 bits per heavy atom. The van der Waals surface area contributed by atoms with Gasteiger partial charge >= 0.3 is 0 Å². The van der Waals surface area contributed by atoms with Crippen LogP contribution in [-0.2, 0) is 13.0 Å². The van der Waals surface area contributed by atoms with Crippen molar-refractivity contribution in [2.24, 2.45) is 0 Å². The summed E-state index contributed by atoms with van der Waals surface area (Å²) in [6, 6.07) is 3.97. The van der Waals surface area contributed by atoms with Crippen molar-refractivity contribution < 1.29 is 4.39 Å². The van der Waals surface area contributed by atoms with Crippen molar-refractivity contribution in [2.45, 2.75) is 13.0 Å². The molecule has 20 heavy (non-hydrogen) atoms. The Kier molecular flexibility index (Phi) is 3.19. The highest BCUT2D eigenvalue weighted by Crippen LogP contribution is 2.12. The number of halogens is 1. The molecule has 0 fully saturated rings. The molecular weight excluding hydrogens is 279 g/mol. The van der Waals surface area contributed by atoms with Crippen molar-refractivity contribution in [3.8, 4) is 0 Å². The molecule has 0 saturated heterocycles. The van der Waals surface area contributed by atoms with Gasteiger partial charge in [0.25, 0.3) is 5.56 Å². The molecule has 0 atom stereocenters. The zero-order chi connectivity index (χ0) is 14.1. The van der Waals surface area contributed by atoms with E-state index in [1.807, 2.05) is 5.38 Å². The van der Waals surface area contributed by atoms with E-state index in [-0.39, 0.29) is 5.56 Å². The first-order chi connectivity index (χ1) is 9.63. The summed E-state index contributed by atoms with van der Waals surface area (Å²) < 4.78 is 14.6. The largest absolute Gasteiger partial charge is 0.375 e. The van der Waals surface area contributed by atoms with E-state index in [0.29, 0.717) is 29.0 Å². The predicted octanol–water partition coefficient (Wildman–Crippen LogP) is 1.82. The Labute approximate surface area is 117 Å². The van der Waals surface area contributed by atoms with Crippen LogP contribution in [0.25, 0.3) is 10.9 Å². The minimum Gasteiger partial charge on any atom is -0.375 e. The van der Waals surface area contributed by atoms with Gasteiger partial charge in [0.1, 0.15) is 5.82 Å². The smallest absolute Gasteiger partial charge is 0.261 e. The van der Waals surface area contributed by atoms with Gasteiger partial charge in [-0.25, -0.2) is 14.4 Å². The lowest BCUT2D eigenvalue weighted by Gasteiger charge is -2.05. The number of hydrogen-bond donors (Lipinski definition) is 1. The minimum atomic E-state index is -0.403. The molecule has 2 N–H and O–H groups in total. The van der Waals surface area contributed by atoms with E-state index >= 15 is 0 Å². The number of fused-ring (bicyclic) bond motifs is 1. The summed E-state index contributed by atoms with van der Waals surface area (Å²) in [6.07, 6.45) is 2.03. The van der Waals surface area contributed by atoms with Gasteiger partial charge in [-0.15, -0.1) is 11.3 Å². The number of nitrogens with zero attached hydrogens (tertiary/aromatic N) is 3. The second kappa shape index (κ2) is 5.01. The van der Waals surface area contributed by atoms with Crippen LogP contribution < -0.4 is 11.3 Å². The number of hydrogen-bond acceptors (Lipinski definition) is 5. The van der Waals surface area contributed by atoms with Crippen molar-refractivity contribution in [2.75, 3.05) is 5.73 Å². The summed E-state index contributed by atoms with van der Waals surface area (Å²) in [5.74, 6) is -0.403. The molecule has 3 aromatic rings. The van der Waals surface area contributed by atoms with Crippen LogP contribution in [0.15, 0.2) is 34.7 Å². The maximum atomic E-state index is 13.1. The van der Waals surface area contributed by atoms with Gasteiger partial charge in [0, 0.05) is 24.4 Å². The highest BCUT2D eigenvalue weighted by Gasteiger charge is 2.06. The van der Waals surface area contributed by atoms with Gasteiger partial charge in [-0.3, -0.25) is 9.36 Å². The molecule has 0 saturated carbocycles. The summed E-state index contributed by atoms with van der Waals surface area (Å²) in [4.78, 5) is 20.5. The van der Waals surface area contributed by atoms with Crippen LogP contribution in [0.5, 0.6) is 0 Å². The zero-order valence-corrected chi connectivity index (χ0v) is 11.2. The fourth-order valence-corrected chi connectivity index (χ4v) is 2.56. The van der Waals surface area contributed by atoms with Crippen LogP contribution in [0, 0.1) is 5.82 Å². The Bertz CT molecular complexity index is 827. The lowest BCUT2D eigenvalue weighted by molar-refractivity contribution is 0.627. The second-order valence-electron chi connectivity index (χ2n) is 4.33. The molecule has 2 heterocycles. The average molecular weight is 290 g/mol. The number of anilines is 1. The fraction of sp³-hybridized carbons (Fsp3) is 0.154. The molecule has 5 nitrogen and oxygen atoms in total. The summed E-state index contributed by atoms with van der Waals surface area (Å²) >= 11 is 1.37. The Morgan fingerprint density at radius 2 is 2.25 bits per heavy atom. The van der Waals surface area contributed by atoms with Gasteiger partial charge in [-0.05, 0) is 12.1 Å². The molecule has 0 unspecified atom stereocenters. The number of aromatic nitrogens is 3. The normalized spacial score (nSPS) is 11.1. The van der Waals surface area contributed by atoms with Crippen molar-refractivity contribution in [1.29, 1.82) is 0 Å². The molecule has 0 aliphatic heterocycles. The van der Waals surface area contributed by atoms with Crippen LogP contribution in [0.4, 0.5) is 9.52 Å². The van der Waals surface area contributed by atoms with Gasteiger partial charge in [0.05, 0.1) is 22.9 Å². The Morgan fingerprint density at radius 1 is 1.40 bits per heavy atom. The van der Waals surface area contributed by atoms with Gasteiger partial charge in [-0.1, -0.05) is 0 Å². The first-order valence-corrected chi connectivity index (χ1v) is 6.86. The van der Waals surface area contributed by atoms with E-state index in [9.17, 15) is 9.18 Å². The molecule has 2 aromatic heterocycles. The van der Waals surface area contributed by atoms with E-state index in [1.165, 1.54) is 40.4 Å². The first-order valence-electron chi connectivity index (χ1n) is 5.98. The average Bonchev–Trinajstić information content (AvgIpc) is 2.84. The molecule has 7 heteroatoms. The summed E-state index contributed by atoms with van der Waals surface area (Å²) in [5, 5.41) is 2.79. The van der Waals surface area contributed by atoms with Gasteiger partial charge < -0.3 is 5.73 Å². The third-order valence-electron chi connectivity index (χ3n) is 2.97. The molecule has 0 aliphatic rings. The number of nitrogens with two attached hydrogens (primary N) is 1. The Balaban J connectivity index is 1.90. The molecule has 0 radical (unpaired) electrons. The van der Waals surface area contributed by atoms with Crippen LogP contribution >= 0.6 is 11.3 Å². The Hall–Kier alpha value is -2.28. The standard InChI is InChI=1S/C13H11FN4OS/c14-8-1-2-10-11(5-8)16-7-18(12(10)19)4-3-9-6-20-13(15)17-9/h1-2,5-7H,3-4H2,(H2,15,17). The third kappa shape index (κ3) is 2.39. The van der Waals surface area contributed by atoms with Crippen LogP contribution in [0.3, 0.4) is 0 Å². The van der Waals surface area contributed by atoms with Gasteiger partial charge in [0.15, 0.2) is 5.13 Å². The van der Waals surface area contributed by atoms with Gasteiger partial charge in [-0.2, -0.15) is 0 Å². The molecule has 3 rings (SSSR count). The molecular formula is C13H11FN4OS. The van der Waals surface area contributed by atoms with Crippen LogP contribution in [0.2, 0.25) is 0 Å². The topological polar surface area (TPSA) is 73.8 Å². The van der Waals surface area contributed by atoms with Crippen molar-refractivity contribution >= 4 is 27.4 Å². The highest BCUT2D eigenvalue weighted by molar-refractivity contribution is 7.13. The number of thiazole rings is 1. The maximum absolute atomic E-state index is 13.1. The van der Waals surface area contributed by atoms with E-state index in [2.05, 4.69) is 9.97 Å². The quantitative estimate of drug-likeness (QED) is 0.798. The van der Waals surface area contributed by atoms with Crippen LogP contribution in [-0.4, -0.2) is 14.5 Å². The highest BCUT2D eigenvalue weighted by atomic mass is 32.1. The monoisotopic (exact) mass is 290 g/mol. The fourth-order valence-electron chi connectivity index (χ4n) is 1.96. The van der Waals surface area contributed by atoms with Crippen molar-refractivity contribution in [1.82, 2.24) is 14.5 Å². The molecule has 0 bridgehead atoms. The second-order valence-corrected chi connectivity index (χ2v) is 5.22. The SMILES string of the molecule is Nc1nc(CCn2cnc3cc(F)ccc3c2=O)cs1. The molecule has 0 aliphatic carbocycles. The maximum Gasteiger partial charge on any atom is 0.261 e. The lowest BCUT2D eigenvalue weighted by Crippen LogP contribution is -2.21. The summed E-state index contributed by atoms with van der Waals surface area (Å²) in [6.45, 7) is 0.461. The summed E-state index contributed by atoms with van der Waals surface area (Å²) in [7, 11) is 0. The van der Waals surface area contributed by atoms with Crippen molar-refractivity contribution in [3.05, 3.63) is 51.8 Å². The molecule has 1 aromatic carbocycles. The molecule has 0 spiro atoms. The number of rotatable bonds is 3. The minimum absolute atomic E-state index is 0.182. The van der Waals surface area contributed by atoms with Crippen molar-refractivity contribution in [3.63, 3.8) is 0 Å².